The van der Waals surface area contributed by atoms with Crippen LogP contribution < -0.4 is 14.8 Å². The van der Waals surface area contributed by atoms with Gasteiger partial charge in [0.15, 0.2) is 11.5 Å². The molecule has 0 aliphatic carbocycles. The standard InChI is InChI=1S/C15H20ClN3O2/c1-4-17-9-11-7-12(16)8-14(20-3)15(11)21-10-13-5-6-19(2)18-13/h5-8,17H,4,9-10H2,1-3H3. The lowest BCUT2D eigenvalue weighted by molar-refractivity contribution is 0.276. The van der Waals surface area contributed by atoms with Crippen LogP contribution in [0.15, 0.2) is 24.4 Å². The minimum atomic E-state index is 0.387. The monoisotopic (exact) mass is 309 g/mol. The lowest BCUT2D eigenvalue weighted by Gasteiger charge is -2.15. The lowest BCUT2D eigenvalue weighted by atomic mass is 10.2. The van der Waals surface area contributed by atoms with Crippen molar-refractivity contribution in [2.45, 2.75) is 20.1 Å². The van der Waals surface area contributed by atoms with Crippen molar-refractivity contribution in [3.8, 4) is 11.5 Å². The Balaban J connectivity index is 2.21. The van der Waals surface area contributed by atoms with E-state index in [2.05, 4.69) is 17.3 Å². The van der Waals surface area contributed by atoms with E-state index in [1.807, 2.05) is 25.4 Å². The molecule has 0 atom stereocenters. The Bertz CT molecular complexity index is 599. The maximum atomic E-state index is 6.12. The van der Waals surface area contributed by atoms with Crippen molar-refractivity contribution in [1.82, 2.24) is 15.1 Å². The minimum absolute atomic E-state index is 0.387. The normalized spacial score (nSPS) is 10.7. The zero-order chi connectivity index (χ0) is 15.2. The van der Waals surface area contributed by atoms with E-state index in [-0.39, 0.29) is 0 Å². The topological polar surface area (TPSA) is 48.3 Å². The van der Waals surface area contributed by atoms with Crippen molar-refractivity contribution in [1.29, 1.82) is 0 Å². The van der Waals surface area contributed by atoms with Gasteiger partial charge in [0.2, 0.25) is 0 Å². The summed E-state index contributed by atoms with van der Waals surface area (Å²) in [5, 5.41) is 8.20. The Morgan fingerprint density at radius 3 is 2.81 bits per heavy atom. The summed E-state index contributed by atoms with van der Waals surface area (Å²) < 4.78 is 13.0. The Morgan fingerprint density at radius 2 is 2.19 bits per heavy atom. The molecule has 0 bridgehead atoms. The highest BCUT2D eigenvalue weighted by Crippen LogP contribution is 2.35. The second kappa shape index (κ2) is 7.33. The minimum Gasteiger partial charge on any atom is -0.493 e. The predicted molar refractivity (Wildman–Crippen MR) is 82.9 cm³/mol. The fourth-order valence-corrected chi connectivity index (χ4v) is 2.25. The van der Waals surface area contributed by atoms with E-state index >= 15 is 0 Å². The fourth-order valence-electron chi connectivity index (χ4n) is 2.02. The molecular weight excluding hydrogens is 290 g/mol. The fraction of sp³-hybridized carbons (Fsp3) is 0.400. The van der Waals surface area contributed by atoms with Gasteiger partial charge >= 0.3 is 0 Å². The Kier molecular flexibility index (Phi) is 5.47. The second-order valence-corrected chi connectivity index (χ2v) is 5.08. The van der Waals surface area contributed by atoms with Gasteiger partial charge in [-0.15, -0.1) is 0 Å². The molecule has 0 amide bonds. The summed E-state index contributed by atoms with van der Waals surface area (Å²) in [5.74, 6) is 1.33. The molecule has 0 spiro atoms. The van der Waals surface area contributed by atoms with E-state index in [0.717, 1.165) is 17.8 Å². The van der Waals surface area contributed by atoms with Gasteiger partial charge < -0.3 is 14.8 Å². The number of methoxy groups -OCH3 is 1. The molecule has 0 saturated carbocycles. The van der Waals surface area contributed by atoms with E-state index in [4.69, 9.17) is 21.1 Å². The molecule has 0 fully saturated rings. The van der Waals surface area contributed by atoms with Crippen LogP contribution in [-0.4, -0.2) is 23.4 Å². The molecule has 0 unspecified atom stereocenters. The van der Waals surface area contributed by atoms with E-state index in [9.17, 15) is 0 Å². The number of nitrogens with zero attached hydrogens (tertiary/aromatic N) is 2. The maximum absolute atomic E-state index is 6.12. The number of ether oxygens (including phenoxy) is 2. The maximum Gasteiger partial charge on any atom is 0.166 e. The first kappa shape index (κ1) is 15.7. The highest BCUT2D eigenvalue weighted by Gasteiger charge is 2.13. The van der Waals surface area contributed by atoms with E-state index < -0.39 is 0 Å². The third-order valence-electron chi connectivity index (χ3n) is 3.02. The van der Waals surface area contributed by atoms with Crippen LogP contribution in [0, 0.1) is 0 Å². The van der Waals surface area contributed by atoms with Crippen LogP contribution >= 0.6 is 11.6 Å². The summed E-state index contributed by atoms with van der Waals surface area (Å²) >= 11 is 6.12. The molecule has 1 aromatic heterocycles. The van der Waals surface area contributed by atoms with Crippen LogP contribution in [0.2, 0.25) is 5.02 Å². The molecule has 0 aliphatic rings. The molecule has 0 aliphatic heterocycles. The Morgan fingerprint density at radius 1 is 1.38 bits per heavy atom. The average Bonchev–Trinajstić information content (AvgIpc) is 2.88. The van der Waals surface area contributed by atoms with Gasteiger partial charge in [-0.2, -0.15) is 5.10 Å². The first-order valence-electron chi connectivity index (χ1n) is 6.82. The first-order valence-corrected chi connectivity index (χ1v) is 7.20. The SMILES string of the molecule is CCNCc1cc(Cl)cc(OC)c1OCc1ccn(C)n1. The highest BCUT2D eigenvalue weighted by atomic mass is 35.5. The van der Waals surface area contributed by atoms with Gasteiger partial charge in [-0.25, -0.2) is 0 Å². The molecule has 0 saturated heterocycles. The summed E-state index contributed by atoms with van der Waals surface area (Å²) in [5.41, 5.74) is 1.83. The molecule has 6 heteroatoms. The van der Waals surface area contributed by atoms with Gasteiger partial charge in [0.05, 0.1) is 12.8 Å². The molecule has 21 heavy (non-hydrogen) atoms. The molecule has 1 aromatic carbocycles. The number of aromatic nitrogens is 2. The van der Waals surface area contributed by atoms with Crippen LogP contribution in [0.1, 0.15) is 18.2 Å². The van der Waals surface area contributed by atoms with Gasteiger partial charge in [0, 0.05) is 36.4 Å². The molecule has 1 heterocycles. The number of rotatable bonds is 7. The number of hydrogen-bond acceptors (Lipinski definition) is 4. The second-order valence-electron chi connectivity index (χ2n) is 4.65. The molecular formula is C15H20ClN3O2. The van der Waals surface area contributed by atoms with Crippen LogP contribution in [0.4, 0.5) is 0 Å². The van der Waals surface area contributed by atoms with Gasteiger partial charge in [0.25, 0.3) is 0 Å². The van der Waals surface area contributed by atoms with E-state index in [1.54, 1.807) is 17.9 Å². The van der Waals surface area contributed by atoms with Crippen molar-refractivity contribution in [3.63, 3.8) is 0 Å². The Hall–Kier alpha value is -1.72. The number of nitrogens with one attached hydrogen (secondary N) is 1. The zero-order valence-corrected chi connectivity index (χ0v) is 13.3. The van der Waals surface area contributed by atoms with Gasteiger partial charge in [-0.1, -0.05) is 18.5 Å². The van der Waals surface area contributed by atoms with Crippen LogP contribution in [0.5, 0.6) is 11.5 Å². The molecule has 2 rings (SSSR count). The average molecular weight is 310 g/mol. The van der Waals surface area contributed by atoms with Crippen molar-refractivity contribution in [2.24, 2.45) is 7.05 Å². The van der Waals surface area contributed by atoms with Crippen molar-refractivity contribution >= 4 is 11.6 Å². The third-order valence-corrected chi connectivity index (χ3v) is 3.23. The largest absolute Gasteiger partial charge is 0.493 e. The number of benzene rings is 1. The van der Waals surface area contributed by atoms with E-state index in [1.165, 1.54) is 0 Å². The van der Waals surface area contributed by atoms with Crippen LogP contribution in [0.25, 0.3) is 0 Å². The summed E-state index contributed by atoms with van der Waals surface area (Å²) in [6, 6.07) is 5.57. The lowest BCUT2D eigenvalue weighted by Crippen LogP contribution is -2.13. The summed E-state index contributed by atoms with van der Waals surface area (Å²) in [6.45, 7) is 3.98. The third kappa shape index (κ3) is 4.12. The Labute approximate surface area is 129 Å². The molecule has 0 radical (unpaired) electrons. The molecule has 5 nitrogen and oxygen atoms in total. The molecule has 1 N–H and O–H groups in total. The summed E-state index contributed by atoms with van der Waals surface area (Å²) in [6.07, 6.45) is 1.89. The zero-order valence-electron chi connectivity index (χ0n) is 12.5. The molecule has 2 aromatic rings. The van der Waals surface area contributed by atoms with Gasteiger partial charge in [-0.3, -0.25) is 4.68 Å². The summed E-state index contributed by atoms with van der Waals surface area (Å²) in [4.78, 5) is 0. The smallest absolute Gasteiger partial charge is 0.166 e. The van der Waals surface area contributed by atoms with Crippen molar-refractivity contribution in [2.75, 3.05) is 13.7 Å². The van der Waals surface area contributed by atoms with Crippen molar-refractivity contribution < 1.29 is 9.47 Å². The summed E-state index contributed by atoms with van der Waals surface area (Å²) in [7, 11) is 3.49. The highest BCUT2D eigenvalue weighted by molar-refractivity contribution is 6.30. The first-order chi connectivity index (χ1) is 10.1. The van der Waals surface area contributed by atoms with Gasteiger partial charge in [-0.05, 0) is 18.7 Å². The predicted octanol–water partition coefficient (Wildman–Crippen LogP) is 2.77. The number of aryl methyl sites for hydroxylation is 1. The van der Waals surface area contributed by atoms with Crippen molar-refractivity contribution in [3.05, 3.63) is 40.7 Å². The van der Waals surface area contributed by atoms with Crippen LogP contribution in [-0.2, 0) is 20.2 Å². The quantitative estimate of drug-likeness (QED) is 0.854. The van der Waals surface area contributed by atoms with Gasteiger partial charge in [0.1, 0.15) is 6.61 Å². The number of halogens is 1. The number of hydrogen-bond donors (Lipinski definition) is 1. The van der Waals surface area contributed by atoms with E-state index in [0.29, 0.717) is 29.7 Å². The molecule has 114 valence electrons. The van der Waals surface area contributed by atoms with Crippen LogP contribution in [0.3, 0.4) is 0 Å².